The number of carboxylic acids is 1. The molecule has 20 heavy (non-hydrogen) atoms. The third-order valence-electron chi connectivity index (χ3n) is 2.20. The van der Waals surface area contributed by atoms with Crippen LogP contribution in [-0.2, 0) is 0 Å². The molecule has 0 fully saturated rings. The molecule has 1 aromatic carbocycles. The van der Waals surface area contributed by atoms with Crippen molar-refractivity contribution in [3.8, 4) is 0 Å². The van der Waals surface area contributed by atoms with Crippen LogP contribution in [0.25, 0.3) is 0 Å². The molecule has 0 radical (unpaired) electrons. The van der Waals surface area contributed by atoms with Gasteiger partial charge in [-0.3, -0.25) is 4.79 Å². The Hall–Kier alpha value is -2.12. The van der Waals surface area contributed by atoms with E-state index in [1.807, 2.05) is 0 Å². The van der Waals surface area contributed by atoms with Crippen molar-refractivity contribution >= 4 is 40.8 Å². The fraction of sp³-hybridized carbons (Fsp3) is 0. The molecule has 0 saturated heterocycles. The van der Waals surface area contributed by atoms with Crippen molar-refractivity contribution in [1.82, 2.24) is 5.16 Å². The summed E-state index contributed by atoms with van der Waals surface area (Å²) >= 11 is 11.5. The lowest BCUT2D eigenvalue weighted by molar-refractivity contribution is 0.0651. The number of hydrogen-bond donors (Lipinski definition) is 2. The third-order valence-corrected chi connectivity index (χ3v) is 2.80. The number of carbonyl (C=O) groups is 2. The van der Waals surface area contributed by atoms with Gasteiger partial charge in [-0.1, -0.05) is 28.4 Å². The second kappa shape index (κ2) is 5.48. The van der Waals surface area contributed by atoms with Gasteiger partial charge in [-0.15, -0.1) is 0 Å². The van der Waals surface area contributed by atoms with E-state index in [9.17, 15) is 14.0 Å². The molecule has 0 unspecified atom stereocenters. The van der Waals surface area contributed by atoms with Gasteiger partial charge in [0.1, 0.15) is 5.82 Å². The van der Waals surface area contributed by atoms with Crippen molar-refractivity contribution in [2.24, 2.45) is 0 Å². The lowest BCUT2D eigenvalue weighted by Crippen LogP contribution is -2.13. The Bertz CT molecular complexity index is 678. The van der Waals surface area contributed by atoms with Gasteiger partial charge in [-0.25, -0.2) is 9.18 Å². The number of rotatable bonds is 3. The van der Waals surface area contributed by atoms with E-state index in [0.717, 1.165) is 18.2 Å². The van der Waals surface area contributed by atoms with Crippen LogP contribution < -0.4 is 5.32 Å². The monoisotopic (exact) mass is 318 g/mol. The Balaban J connectivity index is 2.25. The van der Waals surface area contributed by atoms with Crippen molar-refractivity contribution in [3.63, 3.8) is 0 Å². The number of amides is 1. The van der Waals surface area contributed by atoms with Crippen LogP contribution in [0.3, 0.4) is 0 Å². The van der Waals surface area contributed by atoms with E-state index in [1.165, 1.54) is 0 Å². The Morgan fingerprint density at radius 2 is 1.85 bits per heavy atom. The summed E-state index contributed by atoms with van der Waals surface area (Å²) in [5.74, 6) is -3.31. The highest BCUT2D eigenvalue weighted by atomic mass is 35.5. The van der Waals surface area contributed by atoms with Crippen LogP contribution in [0.2, 0.25) is 10.0 Å². The summed E-state index contributed by atoms with van der Waals surface area (Å²) in [5.41, 5.74) is -0.293. The van der Waals surface area contributed by atoms with Crippen LogP contribution in [0.1, 0.15) is 21.0 Å². The minimum absolute atomic E-state index is 0.0143. The first-order valence-corrected chi connectivity index (χ1v) is 5.80. The summed E-state index contributed by atoms with van der Waals surface area (Å²) in [7, 11) is 0. The summed E-state index contributed by atoms with van der Waals surface area (Å²) in [6, 6.07) is 2.87. The quantitative estimate of drug-likeness (QED) is 0.907. The molecule has 0 aliphatic heterocycles. The number of aromatic carboxylic acids is 1. The summed E-state index contributed by atoms with van der Waals surface area (Å²) in [6.07, 6.45) is 0. The fourth-order valence-corrected chi connectivity index (χ4v) is 1.88. The number of benzene rings is 1. The maximum absolute atomic E-state index is 13.0. The van der Waals surface area contributed by atoms with Gasteiger partial charge in [0.15, 0.2) is 5.69 Å². The van der Waals surface area contributed by atoms with Gasteiger partial charge < -0.3 is 14.9 Å². The van der Waals surface area contributed by atoms with Gasteiger partial charge in [0, 0.05) is 6.07 Å². The topological polar surface area (TPSA) is 92.4 Å². The zero-order valence-electron chi connectivity index (χ0n) is 9.49. The van der Waals surface area contributed by atoms with E-state index in [2.05, 4.69) is 15.0 Å². The van der Waals surface area contributed by atoms with Crippen molar-refractivity contribution in [1.29, 1.82) is 0 Å². The molecule has 1 amide bonds. The molecule has 1 heterocycles. The molecule has 0 aliphatic rings. The highest BCUT2D eigenvalue weighted by molar-refractivity contribution is 6.40. The zero-order chi connectivity index (χ0) is 14.9. The standard InChI is InChI=1S/C11H5Cl2FN2O4/c12-5-1-4(14)2-6(13)9(5)15-10(17)7-3-8(11(18)19)20-16-7/h1-3H,(H,15,17)(H,18,19). The number of carboxylic acid groups (broad SMARTS) is 1. The smallest absolute Gasteiger partial charge is 0.374 e. The Kier molecular flexibility index (Phi) is 3.91. The van der Waals surface area contributed by atoms with Crippen LogP contribution in [0.4, 0.5) is 10.1 Å². The first kappa shape index (κ1) is 14.3. The second-order valence-corrected chi connectivity index (χ2v) is 4.39. The lowest BCUT2D eigenvalue weighted by Gasteiger charge is -2.07. The van der Waals surface area contributed by atoms with E-state index in [4.69, 9.17) is 28.3 Å². The van der Waals surface area contributed by atoms with E-state index in [1.54, 1.807) is 0 Å². The van der Waals surface area contributed by atoms with Crippen LogP contribution in [0, 0.1) is 5.82 Å². The first-order chi connectivity index (χ1) is 9.38. The molecule has 0 saturated carbocycles. The SMILES string of the molecule is O=C(Nc1c(Cl)cc(F)cc1Cl)c1cc(C(=O)O)on1. The Morgan fingerprint density at radius 3 is 2.35 bits per heavy atom. The minimum Gasteiger partial charge on any atom is -0.475 e. The summed E-state index contributed by atoms with van der Waals surface area (Å²) in [4.78, 5) is 22.4. The molecular weight excluding hydrogens is 314 g/mol. The third kappa shape index (κ3) is 2.89. The van der Waals surface area contributed by atoms with E-state index in [-0.39, 0.29) is 21.4 Å². The number of carbonyl (C=O) groups excluding carboxylic acids is 1. The summed E-state index contributed by atoms with van der Waals surface area (Å²) in [5, 5.41) is 14.0. The van der Waals surface area contributed by atoms with Gasteiger partial charge in [0.2, 0.25) is 5.76 Å². The number of aromatic nitrogens is 1. The minimum atomic E-state index is -1.37. The number of hydrogen-bond acceptors (Lipinski definition) is 4. The van der Waals surface area contributed by atoms with E-state index in [0.29, 0.717) is 0 Å². The van der Waals surface area contributed by atoms with Crippen molar-refractivity contribution in [2.45, 2.75) is 0 Å². The predicted octanol–water partition coefficient (Wildman–Crippen LogP) is 3.07. The van der Waals surface area contributed by atoms with Gasteiger partial charge >= 0.3 is 5.97 Å². The molecule has 104 valence electrons. The number of nitrogens with zero attached hydrogens (tertiary/aromatic N) is 1. The van der Waals surface area contributed by atoms with Crippen LogP contribution in [0.15, 0.2) is 22.7 Å². The molecule has 0 spiro atoms. The average Bonchev–Trinajstić information content (AvgIpc) is 2.83. The number of anilines is 1. The first-order valence-electron chi connectivity index (χ1n) is 5.04. The van der Waals surface area contributed by atoms with Crippen LogP contribution in [-0.4, -0.2) is 22.1 Å². The largest absolute Gasteiger partial charge is 0.475 e. The van der Waals surface area contributed by atoms with E-state index < -0.39 is 23.5 Å². The van der Waals surface area contributed by atoms with E-state index >= 15 is 0 Å². The zero-order valence-corrected chi connectivity index (χ0v) is 11.0. The predicted molar refractivity (Wildman–Crippen MR) is 67.8 cm³/mol. The maximum Gasteiger partial charge on any atom is 0.374 e. The maximum atomic E-state index is 13.0. The van der Waals surface area contributed by atoms with Gasteiger partial charge in [-0.05, 0) is 12.1 Å². The molecule has 9 heteroatoms. The van der Waals surface area contributed by atoms with Crippen LogP contribution >= 0.6 is 23.2 Å². The lowest BCUT2D eigenvalue weighted by atomic mass is 10.3. The van der Waals surface area contributed by atoms with Crippen molar-refractivity contribution < 1.29 is 23.6 Å². The Labute approximate surface area is 121 Å². The normalized spacial score (nSPS) is 10.3. The molecular formula is C11H5Cl2FN2O4. The summed E-state index contributed by atoms with van der Waals surface area (Å²) in [6.45, 7) is 0. The molecule has 0 atom stereocenters. The number of halogens is 3. The molecule has 0 aliphatic carbocycles. The molecule has 2 rings (SSSR count). The average molecular weight is 319 g/mol. The molecule has 2 aromatic rings. The highest BCUT2D eigenvalue weighted by Crippen LogP contribution is 2.31. The highest BCUT2D eigenvalue weighted by Gasteiger charge is 2.19. The molecule has 2 N–H and O–H groups in total. The second-order valence-electron chi connectivity index (χ2n) is 3.58. The Morgan fingerprint density at radius 1 is 1.25 bits per heavy atom. The number of nitrogens with one attached hydrogen (secondary N) is 1. The van der Waals surface area contributed by atoms with Gasteiger partial charge in [0.05, 0.1) is 15.7 Å². The summed E-state index contributed by atoms with van der Waals surface area (Å²) < 4.78 is 17.4. The molecule has 6 nitrogen and oxygen atoms in total. The van der Waals surface area contributed by atoms with Crippen molar-refractivity contribution in [3.05, 3.63) is 45.5 Å². The van der Waals surface area contributed by atoms with Gasteiger partial charge in [-0.2, -0.15) is 0 Å². The fourth-order valence-electron chi connectivity index (χ4n) is 1.32. The molecule has 1 aromatic heterocycles. The van der Waals surface area contributed by atoms with Gasteiger partial charge in [0.25, 0.3) is 5.91 Å². The molecule has 0 bridgehead atoms. The van der Waals surface area contributed by atoms with Crippen molar-refractivity contribution in [2.75, 3.05) is 5.32 Å². The van der Waals surface area contributed by atoms with Crippen LogP contribution in [0.5, 0.6) is 0 Å².